The molecular formula is C19H40. The van der Waals surface area contributed by atoms with Crippen molar-refractivity contribution in [1.29, 1.82) is 0 Å². The number of rotatable bonds is 14. The van der Waals surface area contributed by atoms with E-state index in [0.29, 0.717) is 0 Å². The molecule has 0 bridgehead atoms. The van der Waals surface area contributed by atoms with Crippen molar-refractivity contribution >= 4 is 0 Å². The highest BCUT2D eigenvalue weighted by molar-refractivity contribution is 4.60. The maximum Gasteiger partial charge on any atom is -0.0414 e. The van der Waals surface area contributed by atoms with E-state index in [0.717, 1.165) is 11.8 Å². The Labute approximate surface area is 123 Å². The Bertz CT molecular complexity index is 159. The average Bonchev–Trinajstić information content (AvgIpc) is 2.38. The van der Waals surface area contributed by atoms with Crippen LogP contribution in [0.3, 0.4) is 0 Å². The first-order valence-electron chi connectivity index (χ1n) is 9.20. The third-order valence-corrected chi connectivity index (χ3v) is 4.31. The molecule has 0 fully saturated rings. The van der Waals surface area contributed by atoms with Crippen molar-refractivity contribution in [2.45, 2.75) is 111 Å². The molecule has 0 N–H and O–H groups in total. The van der Waals surface area contributed by atoms with Crippen molar-refractivity contribution < 1.29 is 0 Å². The maximum absolute atomic E-state index is 2.34. The van der Waals surface area contributed by atoms with Gasteiger partial charge >= 0.3 is 0 Å². The van der Waals surface area contributed by atoms with Gasteiger partial charge in [-0.15, -0.1) is 0 Å². The van der Waals surface area contributed by atoms with Gasteiger partial charge in [0.1, 0.15) is 0 Å². The van der Waals surface area contributed by atoms with E-state index in [-0.39, 0.29) is 0 Å². The lowest BCUT2D eigenvalue weighted by Gasteiger charge is -2.15. The van der Waals surface area contributed by atoms with Crippen LogP contribution in [0, 0.1) is 11.8 Å². The lowest BCUT2D eigenvalue weighted by Crippen LogP contribution is -2.00. The monoisotopic (exact) mass is 268 g/mol. The normalized spacial score (nSPS) is 13.1. The Kier molecular flexibility index (Phi) is 14.4. The molecule has 0 aromatic heterocycles. The molecular weight excluding hydrogens is 228 g/mol. The van der Waals surface area contributed by atoms with Crippen molar-refractivity contribution in [2.75, 3.05) is 0 Å². The van der Waals surface area contributed by atoms with Gasteiger partial charge in [-0.05, 0) is 11.8 Å². The van der Waals surface area contributed by atoms with Crippen molar-refractivity contribution in [3.8, 4) is 0 Å². The molecule has 0 heteroatoms. The molecule has 1 unspecified atom stereocenters. The number of hydrogen-bond acceptors (Lipinski definition) is 0. The molecule has 0 aliphatic heterocycles. The average molecular weight is 269 g/mol. The maximum atomic E-state index is 2.34. The summed E-state index contributed by atoms with van der Waals surface area (Å²) < 4.78 is 0. The summed E-state index contributed by atoms with van der Waals surface area (Å²) in [5.74, 6) is 1.93. The molecule has 0 heterocycles. The summed E-state index contributed by atoms with van der Waals surface area (Å²) in [6, 6.07) is 0. The van der Waals surface area contributed by atoms with Gasteiger partial charge in [0.05, 0.1) is 0 Å². The summed E-state index contributed by atoms with van der Waals surface area (Å²) in [5.41, 5.74) is 0. The largest absolute Gasteiger partial charge is 0.0654 e. The smallest absolute Gasteiger partial charge is 0.0414 e. The Hall–Kier alpha value is 0. The zero-order valence-corrected chi connectivity index (χ0v) is 14.3. The van der Waals surface area contributed by atoms with Gasteiger partial charge in [-0.1, -0.05) is 111 Å². The van der Waals surface area contributed by atoms with Crippen LogP contribution in [-0.4, -0.2) is 0 Å². The van der Waals surface area contributed by atoms with E-state index in [9.17, 15) is 0 Å². The standard InChI is InChI=1S/C19H40/c1-5-7-16-19(14-6-2)17-13-11-9-8-10-12-15-18(3)4/h18-19H,5-17H2,1-4H3. The highest BCUT2D eigenvalue weighted by Crippen LogP contribution is 2.22. The Morgan fingerprint density at radius 1 is 0.526 bits per heavy atom. The van der Waals surface area contributed by atoms with E-state index in [1.165, 1.54) is 83.5 Å². The summed E-state index contributed by atoms with van der Waals surface area (Å²) in [6.45, 7) is 9.34. The molecule has 0 saturated heterocycles. The summed E-state index contributed by atoms with van der Waals surface area (Å²) in [7, 11) is 0. The van der Waals surface area contributed by atoms with E-state index >= 15 is 0 Å². The predicted octanol–water partition coefficient (Wildman–Crippen LogP) is 7.37. The minimum Gasteiger partial charge on any atom is -0.0654 e. The molecule has 0 aromatic carbocycles. The molecule has 116 valence electrons. The SMILES string of the molecule is CCCCC(CCC)CCCCCCCCC(C)C. The van der Waals surface area contributed by atoms with Crippen molar-refractivity contribution in [3.63, 3.8) is 0 Å². The van der Waals surface area contributed by atoms with Crippen molar-refractivity contribution in [2.24, 2.45) is 11.8 Å². The highest BCUT2D eigenvalue weighted by atomic mass is 14.1. The zero-order valence-electron chi connectivity index (χ0n) is 14.3. The fourth-order valence-corrected chi connectivity index (χ4v) is 3.03. The minimum absolute atomic E-state index is 0.897. The van der Waals surface area contributed by atoms with E-state index < -0.39 is 0 Å². The van der Waals surface area contributed by atoms with Gasteiger partial charge in [0.15, 0.2) is 0 Å². The van der Waals surface area contributed by atoms with Crippen LogP contribution in [-0.2, 0) is 0 Å². The molecule has 19 heavy (non-hydrogen) atoms. The van der Waals surface area contributed by atoms with Gasteiger partial charge in [-0.2, -0.15) is 0 Å². The van der Waals surface area contributed by atoms with Gasteiger partial charge in [0.2, 0.25) is 0 Å². The van der Waals surface area contributed by atoms with Gasteiger partial charge in [-0.25, -0.2) is 0 Å². The molecule has 0 aromatic rings. The first-order valence-corrected chi connectivity index (χ1v) is 9.20. The summed E-state index contributed by atoms with van der Waals surface area (Å²) in [4.78, 5) is 0. The van der Waals surface area contributed by atoms with Crippen LogP contribution in [0.2, 0.25) is 0 Å². The van der Waals surface area contributed by atoms with Crippen LogP contribution in [0.5, 0.6) is 0 Å². The van der Waals surface area contributed by atoms with Crippen molar-refractivity contribution in [3.05, 3.63) is 0 Å². The summed E-state index contributed by atoms with van der Waals surface area (Å²) in [6.07, 6.45) is 18.9. The quantitative estimate of drug-likeness (QED) is 0.288. The topological polar surface area (TPSA) is 0 Å². The van der Waals surface area contributed by atoms with Crippen LogP contribution >= 0.6 is 0 Å². The summed E-state index contributed by atoms with van der Waals surface area (Å²) in [5, 5.41) is 0. The lowest BCUT2D eigenvalue weighted by molar-refractivity contribution is 0.382. The second-order valence-corrected chi connectivity index (χ2v) is 6.89. The van der Waals surface area contributed by atoms with Crippen LogP contribution in [0.4, 0.5) is 0 Å². The molecule has 0 amide bonds. The molecule has 1 atom stereocenters. The predicted molar refractivity (Wildman–Crippen MR) is 89.7 cm³/mol. The molecule has 0 aliphatic carbocycles. The van der Waals surface area contributed by atoms with E-state index in [2.05, 4.69) is 27.7 Å². The van der Waals surface area contributed by atoms with Crippen LogP contribution in [0.15, 0.2) is 0 Å². The van der Waals surface area contributed by atoms with Crippen LogP contribution in [0.1, 0.15) is 111 Å². The zero-order chi connectivity index (χ0) is 14.3. The second-order valence-electron chi connectivity index (χ2n) is 6.89. The van der Waals surface area contributed by atoms with Crippen molar-refractivity contribution in [1.82, 2.24) is 0 Å². The first kappa shape index (κ1) is 19.0. The number of hydrogen-bond donors (Lipinski definition) is 0. The van der Waals surface area contributed by atoms with E-state index in [1.807, 2.05) is 0 Å². The van der Waals surface area contributed by atoms with Gasteiger partial charge in [-0.3, -0.25) is 0 Å². The lowest BCUT2D eigenvalue weighted by atomic mass is 9.91. The number of unbranched alkanes of at least 4 members (excludes halogenated alkanes) is 6. The molecule has 0 nitrogen and oxygen atoms in total. The molecule has 0 spiro atoms. The fraction of sp³-hybridized carbons (Fsp3) is 1.00. The molecule has 0 aliphatic rings. The summed E-state index contributed by atoms with van der Waals surface area (Å²) >= 11 is 0. The van der Waals surface area contributed by atoms with E-state index in [1.54, 1.807) is 0 Å². The molecule has 0 radical (unpaired) electrons. The third kappa shape index (κ3) is 14.2. The first-order chi connectivity index (χ1) is 9.20. The molecule has 0 saturated carbocycles. The van der Waals surface area contributed by atoms with Gasteiger partial charge in [0, 0.05) is 0 Å². The third-order valence-electron chi connectivity index (χ3n) is 4.31. The second kappa shape index (κ2) is 14.4. The van der Waals surface area contributed by atoms with E-state index in [4.69, 9.17) is 0 Å². The van der Waals surface area contributed by atoms with Gasteiger partial charge < -0.3 is 0 Å². The van der Waals surface area contributed by atoms with Crippen LogP contribution < -0.4 is 0 Å². The Balaban J connectivity index is 3.34. The Morgan fingerprint density at radius 3 is 1.58 bits per heavy atom. The van der Waals surface area contributed by atoms with Crippen LogP contribution in [0.25, 0.3) is 0 Å². The fourth-order valence-electron chi connectivity index (χ4n) is 3.03. The van der Waals surface area contributed by atoms with Gasteiger partial charge in [0.25, 0.3) is 0 Å². The highest BCUT2D eigenvalue weighted by Gasteiger charge is 2.06. The molecule has 0 rings (SSSR count). The minimum atomic E-state index is 0.897. The Morgan fingerprint density at radius 2 is 1.05 bits per heavy atom.